The van der Waals surface area contributed by atoms with Crippen molar-refractivity contribution in [1.82, 2.24) is 4.98 Å². The molecule has 1 atom stereocenters. The van der Waals surface area contributed by atoms with Crippen molar-refractivity contribution in [3.05, 3.63) is 23.9 Å². The van der Waals surface area contributed by atoms with Gasteiger partial charge in [0.05, 0.1) is 13.2 Å². The Bertz CT molecular complexity index is 317. The lowest BCUT2D eigenvalue weighted by atomic mass is 9.96. The van der Waals surface area contributed by atoms with Gasteiger partial charge in [0.2, 0.25) is 5.88 Å². The fourth-order valence-corrected chi connectivity index (χ4v) is 2.41. The van der Waals surface area contributed by atoms with E-state index in [4.69, 9.17) is 4.74 Å². The monoisotopic (exact) mass is 221 g/mol. The third-order valence-electron chi connectivity index (χ3n) is 3.38. The Kier molecular flexibility index (Phi) is 3.78. The van der Waals surface area contributed by atoms with Crippen molar-refractivity contribution in [2.24, 2.45) is 5.92 Å². The predicted molar refractivity (Wildman–Crippen MR) is 62.3 cm³/mol. The normalized spacial score (nSPS) is 18.6. The first-order valence-electron chi connectivity index (χ1n) is 5.97. The zero-order valence-corrected chi connectivity index (χ0v) is 9.72. The van der Waals surface area contributed by atoms with Gasteiger partial charge in [0.25, 0.3) is 0 Å². The second-order valence-electron chi connectivity index (χ2n) is 4.54. The van der Waals surface area contributed by atoms with Crippen molar-refractivity contribution in [3.8, 4) is 5.88 Å². The molecule has 0 spiro atoms. The van der Waals surface area contributed by atoms with E-state index < -0.39 is 0 Å². The first-order valence-corrected chi connectivity index (χ1v) is 5.97. The van der Waals surface area contributed by atoms with Crippen LogP contribution in [-0.4, -0.2) is 17.2 Å². The van der Waals surface area contributed by atoms with E-state index >= 15 is 0 Å². The lowest BCUT2D eigenvalue weighted by molar-refractivity contribution is 0.144. The minimum Gasteiger partial charge on any atom is -0.481 e. The Morgan fingerprint density at radius 3 is 2.75 bits per heavy atom. The van der Waals surface area contributed by atoms with Crippen LogP contribution in [0.5, 0.6) is 5.88 Å². The van der Waals surface area contributed by atoms with Gasteiger partial charge in [-0.3, -0.25) is 0 Å². The number of methoxy groups -OCH3 is 1. The molecule has 16 heavy (non-hydrogen) atoms. The van der Waals surface area contributed by atoms with Gasteiger partial charge in [0, 0.05) is 12.3 Å². The summed E-state index contributed by atoms with van der Waals surface area (Å²) in [5, 5.41) is 10.1. The summed E-state index contributed by atoms with van der Waals surface area (Å²) in [6.07, 6.45) is 7.37. The molecule has 0 bridgehead atoms. The van der Waals surface area contributed by atoms with Crippen LogP contribution in [0.3, 0.4) is 0 Å². The summed E-state index contributed by atoms with van der Waals surface area (Å²) >= 11 is 0. The topological polar surface area (TPSA) is 42.4 Å². The average Bonchev–Trinajstić information content (AvgIpc) is 2.82. The maximum atomic E-state index is 10.1. The third kappa shape index (κ3) is 2.73. The van der Waals surface area contributed by atoms with Gasteiger partial charge in [-0.05, 0) is 24.0 Å². The van der Waals surface area contributed by atoms with E-state index in [1.165, 1.54) is 25.7 Å². The molecule has 1 heterocycles. The minimum absolute atomic E-state index is 0.374. The van der Waals surface area contributed by atoms with Gasteiger partial charge in [-0.15, -0.1) is 0 Å². The second kappa shape index (κ2) is 5.30. The molecule has 1 aromatic rings. The molecule has 0 radical (unpaired) electrons. The van der Waals surface area contributed by atoms with Crippen LogP contribution in [0.25, 0.3) is 0 Å². The van der Waals surface area contributed by atoms with Crippen LogP contribution in [-0.2, 0) is 0 Å². The molecule has 3 heteroatoms. The van der Waals surface area contributed by atoms with Gasteiger partial charge in [0.1, 0.15) is 0 Å². The van der Waals surface area contributed by atoms with E-state index in [2.05, 4.69) is 4.98 Å². The summed E-state index contributed by atoms with van der Waals surface area (Å²) in [5.41, 5.74) is 0.896. The molecule has 0 saturated heterocycles. The van der Waals surface area contributed by atoms with Crippen molar-refractivity contribution in [1.29, 1.82) is 0 Å². The first-order chi connectivity index (χ1) is 7.79. The molecule has 0 amide bonds. The van der Waals surface area contributed by atoms with E-state index in [1.54, 1.807) is 19.4 Å². The second-order valence-corrected chi connectivity index (χ2v) is 4.54. The molecule has 88 valence electrons. The largest absolute Gasteiger partial charge is 0.481 e. The fourth-order valence-electron chi connectivity index (χ4n) is 2.41. The molecule has 2 rings (SSSR count). The molecule has 0 aromatic carbocycles. The summed E-state index contributed by atoms with van der Waals surface area (Å²) < 4.78 is 4.99. The Hall–Kier alpha value is -1.09. The van der Waals surface area contributed by atoms with E-state index in [9.17, 15) is 5.11 Å². The molecule has 1 fully saturated rings. The van der Waals surface area contributed by atoms with Gasteiger partial charge >= 0.3 is 0 Å². The number of aliphatic hydroxyl groups is 1. The van der Waals surface area contributed by atoms with Gasteiger partial charge < -0.3 is 9.84 Å². The summed E-state index contributed by atoms with van der Waals surface area (Å²) in [7, 11) is 1.59. The maximum Gasteiger partial charge on any atom is 0.212 e. The van der Waals surface area contributed by atoms with Crippen LogP contribution < -0.4 is 4.74 Å². The quantitative estimate of drug-likeness (QED) is 0.850. The van der Waals surface area contributed by atoms with Crippen molar-refractivity contribution in [2.75, 3.05) is 7.11 Å². The number of nitrogens with zero attached hydrogens (tertiary/aromatic N) is 1. The van der Waals surface area contributed by atoms with Crippen molar-refractivity contribution < 1.29 is 9.84 Å². The summed E-state index contributed by atoms with van der Waals surface area (Å²) in [6, 6.07) is 3.69. The minimum atomic E-state index is -0.374. The van der Waals surface area contributed by atoms with Gasteiger partial charge in [-0.25, -0.2) is 4.98 Å². The molecule has 3 nitrogen and oxygen atoms in total. The average molecular weight is 221 g/mol. The first kappa shape index (κ1) is 11.4. The number of rotatable bonds is 4. The lowest BCUT2D eigenvalue weighted by Gasteiger charge is -2.15. The van der Waals surface area contributed by atoms with Crippen molar-refractivity contribution in [3.63, 3.8) is 0 Å². The van der Waals surface area contributed by atoms with E-state index in [0.717, 1.165) is 12.0 Å². The molecule has 1 aromatic heterocycles. The van der Waals surface area contributed by atoms with Crippen LogP contribution >= 0.6 is 0 Å². The number of pyridine rings is 1. The number of hydrogen-bond donors (Lipinski definition) is 1. The van der Waals surface area contributed by atoms with Crippen LogP contribution in [0.1, 0.15) is 43.8 Å². The van der Waals surface area contributed by atoms with Gasteiger partial charge in [-0.2, -0.15) is 0 Å². The molecule has 1 aliphatic rings. The number of ether oxygens (including phenoxy) is 1. The highest BCUT2D eigenvalue weighted by molar-refractivity contribution is 5.19. The van der Waals surface area contributed by atoms with Crippen LogP contribution in [0.4, 0.5) is 0 Å². The van der Waals surface area contributed by atoms with Crippen molar-refractivity contribution in [2.45, 2.75) is 38.2 Å². The maximum absolute atomic E-state index is 10.1. The zero-order chi connectivity index (χ0) is 11.4. The Morgan fingerprint density at radius 1 is 1.44 bits per heavy atom. The van der Waals surface area contributed by atoms with Crippen LogP contribution in [0.2, 0.25) is 0 Å². The fraction of sp³-hybridized carbons (Fsp3) is 0.615. The van der Waals surface area contributed by atoms with Gasteiger partial charge in [0.15, 0.2) is 0 Å². The highest BCUT2D eigenvalue weighted by atomic mass is 16.5. The van der Waals surface area contributed by atoms with Crippen molar-refractivity contribution >= 4 is 0 Å². The van der Waals surface area contributed by atoms with Crippen LogP contribution in [0, 0.1) is 5.92 Å². The summed E-state index contributed by atoms with van der Waals surface area (Å²) in [4.78, 5) is 4.11. The Morgan fingerprint density at radius 2 is 2.19 bits per heavy atom. The number of hydrogen-bond acceptors (Lipinski definition) is 3. The molecule has 1 saturated carbocycles. The smallest absolute Gasteiger partial charge is 0.212 e. The SMILES string of the molecule is COc1ccc(C(O)CC2CCCC2)cn1. The van der Waals surface area contributed by atoms with Gasteiger partial charge in [-0.1, -0.05) is 25.7 Å². The molecular weight excluding hydrogens is 202 g/mol. The number of aliphatic hydroxyl groups excluding tert-OH is 1. The predicted octanol–water partition coefficient (Wildman–Crippen LogP) is 2.70. The summed E-state index contributed by atoms with van der Waals surface area (Å²) in [6.45, 7) is 0. The molecule has 1 unspecified atom stereocenters. The van der Waals surface area contributed by atoms with E-state index in [0.29, 0.717) is 11.8 Å². The highest BCUT2D eigenvalue weighted by Gasteiger charge is 2.19. The summed E-state index contributed by atoms with van der Waals surface area (Å²) in [5.74, 6) is 1.29. The lowest BCUT2D eigenvalue weighted by Crippen LogP contribution is -2.04. The zero-order valence-electron chi connectivity index (χ0n) is 9.72. The molecule has 0 aliphatic heterocycles. The van der Waals surface area contributed by atoms with E-state index in [1.807, 2.05) is 6.07 Å². The highest BCUT2D eigenvalue weighted by Crippen LogP contribution is 2.32. The Labute approximate surface area is 96.5 Å². The Balaban J connectivity index is 1.94. The molecular formula is C13H19NO2. The standard InChI is InChI=1S/C13H19NO2/c1-16-13-7-6-11(9-14-13)12(15)8-10-4-2-3-5-10/h6-7,9-10,12,15H,2-5,8H2,1H3. The molecule has 1 aliphatic carbocycles. The van der Waals surface area contributed by atoms with Crippen LogP contribution in [0.15, 0.2) is 18.3 Å². The van der Waals surface area contributed by atoms with E-state index in [-0.39, 0.29) is 6.10 Å². The molecule has 1 N–H and O–H groups in total. The third-order valence-corrected chi connectivity index (χ3v) is 3.38. The number of aromatic nitrogens is 1.